The SMILES string of the molecule is COc1ccc(CN(C)C(=O)N2CC(c3ccc(Cl)c(Cl)c3)C(O)(c3ccccc3)C(C(N)=O)(C(N)=O)C2(C(N)=O)C(N)=O)cc1F. The molecule has 1 aliphatic heterocycles. The molecule has 1 fully saturated rings. The van der Waals surface area contributed by atoms with Crippen LogP contribution in [0.4, 0.5) is 9.18 Å². The lowest BCUT2D eigenvalue weighted by Crippen LogP contribution is -2.88. The molecule has 9 N–H and O–H groups in total. The summed E-state index contributed by atoms with van der Waals surface area (Å²) < 4.78 is 19.4. The molecular weight excluding hydrogens is 658 g/mol. The molecule has 0 aliphatic carbocycles. The van der Waals surface area contributed by atoms with Crippen LogP contribution in [0.25, 0.3) is 0 Å². The molecule has 47 heavy (non-hydrogen) atoms. The lowest BCUT2D eigenvalue weighted by atomic mass is 9.48. The van der Waals surface area contributed by atoms with Crippen molar-refractivity contribution in [2.45, 2.75) is 23.6 Å². The first-order chi connectivity index (χ1) is 22.0. The fraction of sp³-hybridized carbons (Fsp3) is 0.258. The van der Waals surface area contributed by atoms with Crippen molar-refractivity contribution in [1.82, 2.24) is 9.80 Å². The van der Waals surface area contributed by atoms with Gasteiger partial charge in [0.25, 0.3) is 11.8 Å². The first-order valence-corrected chi connectivity index (χ1v) is 14.6. The minimum Gasteiger partial charge on any atom is -0.494 e. The van der Waals surface area contributed by atoms with Crippen molar-refractivity contribution in [2.75, 3.05) is 20.7 Å². The van der Waals surface area contributed by atoms with Crippen molar-refractivity contribution in [2.24, 2.45) is 28.3 Å². The molecule has 2 atom stereocenters. The minimum absolute atomic E-state index is 0.0264. The largest absolute Gasteiger partial charge is 0.494 e. The van der Waals surface area contributed by atoms with Gasteiger partial charge in [0.15, 0.2) is 11.6 Å². The molecule has 1 saturated heterocycles. The average molecular weight is 690 g/mol. The topological polar surface area (TPSA) is 225 Å². The Balaban J connectivity index is 2.10. The molecule has 0 spiro atoms. The summed E-state index contributed by atoms with van der Waals surface area (Å²) in [4.78, 5) is 70.9. The van der Waals surface area contributed by atoms with E-state index in [0.717, 1.165) is 11.0 Å². The Labute approximate surface area is 278 Å². The van der Waals surface area contributed by atoms with Crippen LogP contribution in [-0.2, 0) is 31.3 Å². The van der Waals surface area contributed by atoms with Gasteiger partial charge in [-0.2, -0.15) is 0 Å². The number of hydrogen-bond acceptors (Lipinski definition) is 7. The standard InChI is InChI=1S/C31H31Cl2FN6O7/c1-39(14-16-8-11-23(47-2)22(34)12-16)28(45)40-15-19(17-9-10-20(32)21(33)13-17)31(46,18-6-4-3-5-7-18)29(24(35)41,25(36)42)30(40,26(37)43)27(38)44/h3-13,19,46H,14-15H2,1-2H3,(H2,35,41)(H2,36,42)(H2,37,43)(H2,38,44). The third-order valence-electron chi connectivity index (χ3n) is 8.59. The Morgan fingerprint density at radius 2 is 1.51 bits per heavy atom. The minimum atomic E-state index is -3.54. The van der Waals surface area contributed by atoms with E-state index in [9.17, 15) is 33.5 Å². The van der Waals surface area contributed by atoms with E-state index in [4.69, 9.17) is 50.9 Å². The van der Waals surface area contributed by atoms with E-state index in [1.54, 1.807) is 6.07 Å². The van der Waals surface area contributed by atoms with Gasteiger partial charge in [-0.05, 0) is 41.0 Å². The van der Waals surface area contributed by atoms with E-state index >= 15 is 0 Å². The van der Waals surface area contributed by atoms with Crippen molar-refractivity contribution < 1.29 is 38.2 Å². The van der Waals surface area contributed by atoms with Gasteiger partial charge in [0.2, 0.25) is 22.8 Å². The zero-order valence-electron chi connectivity index (χ0n) is 25.1. The summed E-state index contributed by atoms with van der Waals surface area (Å²) in [7, 11) is 2.49. The first kappa shape index (κ1) is 34.9. The molecule has 1 aliphatic rings. The van der Waals surface area contributed by atoms with Gasteiger partial charge in [-0.3, -0.25) is 24.1 Å². The van der Waals surface area contributed by atoms with Gasteiger partial charge in [0.1, 0.15) is 5.60 Å². The van der Waals surface area contributed by atoms with E-state index in [2.05, 4.69) is 0 Å². The van der Waals surface area contributed by atoms with Gasteiger partial charge < -0.3 is 37.7 Å². The number of benzene rings is 3. The van der Waals surface area contributed by atoms with Gasteiger partial charge >= 0.3 is 6.03 Å². The Bertz CT molecular complexity index is 1750. The molecule has 6 amide bonds. The van der Waals surface area contributed by atoms with E-state index < -0.39 is 64.5 Å². The Hall–Kier alpha value is -4.92. The predicted molar refractivity (Wildman–Crippen MR) is 168 cm³/mol. The summed E-state index contributed by atoms with van der Waals surface area (Å²) in [5.74, 6) is -9.57. The van der Waals surface area contributed by atoms with Gasteiger partial charge in [0.05, 0.1) is 17.2 Å². The molecule has 2 unspecified atom stereocenters. The maximum absolute atomic E-state index is 14.5. The van der Waals surface area contributed by atoms with Crippen LogP contribution >= 0.6 is 23.2 Å². The van der Waals surface area contributed by atoms with E-state index in [0.29, 0.717) is 4.90 Å². The molecule has 0 aromatic heterocycles. The highest BCUT2D eigenvalue weighted by molar-refractivity contribution is 6.42. The number of primary amides is 4. The summed E-state index contributed by atoms with van der Waals surface area (Å²) in [5.41, 5.74) is 13.5. The van der Waals surface area contributed by atoms with Crippen LogP contribution in [0.15, 0.2) is 66.7 Å². The van der Waals surface area contributed by atoms with Crippen LogP contribution in [0, 0.1) is 11.2 Å². The average Bonchev–Trinajstić information content (AvgIpc) is 3.01. The number of aliphatic hydroxyl groups is 1. The number of carbonyl (C=O) groups excluding carboxylic acids is 5. The number of likely N-dealkylation sites (tertiary alicyclic amines) is 1. The molecule has 3 aromatic carbocycles. The van der Waals surface area contributed by atoms with Crippen LogP contribution in [0.5, 0.6) is 5.75 Å². The number of carbonyl (C=O) groups is 5. The smallest absolute Gasteiger partial charge is 0.321 e. The maximum atomic E-state index is 14.5. The summed E-state index contributed by atoms with van der Waals surface area (Å²) >= 11 is 12.5. The normalized spacial score (nSPS) is 19.8. The number of amides is 6. The van der Waals surface area contributed by atoms with Gasteiger partial charge in [0, 0.05) is 26.1 Å². The van der Waals surface area contributed by atoms with Crippen molar-refractivity contribution in [3.05, 3.63) is 99.3 Å². The van der Waals surface area contributed by atoms with Crippen molar-refractivity contribution >= 4 is 52.9 Å². The second-order valence-electron chi connectivity index (χ2n) is 11.0. The second-order valence-corrected chi connectivity index (χ2v) is 11.8. The number of rotatable bonds is 9. The Morgan fingerprint density at radius 1 is 0.915 bits per heavy atom. The second kappa shape index (κ2) is 12.7. The molecule has 16 heteroatoms. The number of urea groups is 1. The lowest BCUT2D eigenvalue weighted by Gasteiger charge is -2.62. The van der Waals surface area contributed by atoms with E-state index in [-0.39, 0.29) is 39.0 Å². The zero-order chi connectivity index (χ0) is 35.1. The Morgan fingerprint density at radius 3 is 2.00 bits per heavy atom. The van der Waals surface area contributed by atoms with Gasteiger partial charge in [-0.1, -0.05) is 65.7 Å². The van der Waals surface area contributed by atoms with Crippen molar-refractivity contribution in [3.8, 4) is 5.75 Å². The molecule has 0 radical (unpaired) electrons. The third-order valence-corrected chi connectivity index (χ3v) is 9.33. The number of nitrogens with two attached hydrogens (primary N) is 4. The fourth-order valence-corrected chi connectivity index (χ4v) is 6.87. The van der Waals surface area contributed by atoms with Crippen LogP contribution in [0.2, 0.25) is 10.0 Å². The van der Waals surface area contributed by atoms with Crippen molar-refractivity contribution in [3.63, 3.8) is 0 Å². The van der Waals surface area contributed by atoms with Crippen LogP contribution in [0.1, 0.15) is 22.6 Å². The summed E-state index contributed by atoms with van der Waals surface area (Å²) in [5, 5.41) is 13.0. The van der Waals surface area contributed by atoms with Gasteiger partial charge in [-0.15, -0.1) is 0 Å². The highest BCUT2D eigenvalue weighted by Gasteiger charge is 2.83. The van der Waals surface area contributed by atoms with Crippen LogP contribution < -0.4 is 27.7 Å². The molecule has 13 nitrogen and oxygen atoms in total. The predicted octanol–water partition coefficient (Wildman–Crippen LogP) is 1.35. The van der Waals surface area contributed by atoms with Crippen molar-refractivity contribution in [1.29, 1.82) is 0 Å². The number of halogens is 3. The molecule has 0 saturated carbocycles. The summed E-state index contributed by atoms with van der Waals surface area (Å²) in [6.45, 7) is -1.14. The number of piperidine rings is 1. The summed E-state index contributed by atoms with van der Waals surface area (Å²) in [6, 6.07) is 13.7. The zero-order valence-corrected chi connectivity index (χ0v) is 26.6. The fourth-order valence-electron chi connectivity index (χ4n) is 6.56. The molecule has 0 bridgehead atoms. The number of methoxy groups -OCH3 is 1. The van der Waals surface area contributed by atoms with Gasteiger partial charge in [-0.25, -0.2) is 9.18 Å². The monoisotopic (exact) mass is 688 g/mol. The van der Waals surface area contributed by atoms with Crippen LogP contribution in [0.3, 0.4) is 0 Å². The molecule has 1 heterocycles. The number of ether oxygens (including phenoxy) is 1. The van der Waals surface area contributed by atoms with Crippen LogP contribution in [-0.4, -0.2) is 70.8 Å². The Kier molecular flexibility index (Phi) is 9.44. The lowest BCUT2D eigenvalue weighted by molar-refractivity contribution is -0.212. The number of hydrogen-bond donors (Lipinski definition) is 5. The number of nitrogens with zero attached hydrogens (tertiary/aromatic N) is 2. The molecule has 248 valence electrons. The first-order valence-electron chi connectivity index (χ1n) is 13.8. The molecular formula is C31H31Cl2FN6O7. The van der Waals surface area contributed by atoms with E-state index in [1.807, 2.05) is 0 Å². The molecule has 3 aromatic rings. The van der Waals surface area contributed by atoms with E-state index in [1.165, 1.54) is 68.8 Å². The molecule has 4 rings (SSSR count). The third kappa shape index (κ3) is 5.08. The highest BCUT2D eigenvalue weighted by Crippen LogP contribution is 2.60. The maximum Gasteiger partial charge on any atom is 0.321 e. The quantitative estimate of drug-likeness (QED) is 0.207. The summed E-state index contributed by atoms with van der Waals surface area (Å²) in [6.07, 6.45) is 0. The highest BCUT2D eigenvalue weighted by atomic mass is 35.5.